The summed E-state index contributed by atoms with van der Waals surface area (Å²) in [7, 11) is -1.96. The molecule has 0 aromatic heterocycles. The largest absolute Gasteiger partial charge is 0.506 e. The molecule has 8 heteroatoms. The van der Waals surface area contributed by atoms with Crippen LogP contribution in [0, 0.1) is 0 Å². The van der Waals surface area contributed by atoms with Crippen molar-refractivity contribution in [3.05, 3.63) is 64.6 Å². The summed E-state index contributed by atoms with van der Waals surface area (Å²) in [5, 5.41) is 23.0. The molecule has 1 amide bonds. The number of anilines is 1. The summed E-state index contributed by atoms with van der Waals surface area (Å²) < 4.78 is 13.2. The second-order valence-corrected chi connectivity index (χ2v) is 8.00. The molecule has 0 bridgehead atoms. The van der Waals surface area contributed by atoms with Crippen LogP contribution in [0.4, 0.5) is 5.69 Å². The summed E-state index contributed by atoms with van der Waals surface area (Å²) in [6.45, 7) is 0. The molecule has 0 saturated heterocycles. The van der Waals surface area contributed by atoms with E-state index in [4.69, 9.17) is 5.11 Å². The van der Waals surface area contributed by atoms with Crippen molar-refractivity contribution >= 4 is 55.1 Å². The van der Waals surface area contributed by atoms with Crippen LogP contribution < -0.4 is 5.32 Å². The molecule has 3 aromatic carbocycles. The first-order valence-corrected chi connectivity index (χ1v) is 9.90. The van der Waals surface area contributed by atoms with Crippen LogP contribution in [0.2, 0.25) is 0 Å². The van der Waals surface area contributed by atoms with Gasteiger partial charge in [0.25, 0.3) is 5.91 Å². The summed E-state index contributed by atoms with van der Waals surface area (Å²) in [5.74, 6) is -2.53. The van der Waals surface area contributed by atoms with Crippen LogP contribution in [-0.4, -0.2) is 32.1 Å². The van der Waals surface area contributed by atoms with Crippen molar-refractivity contribution in [2.24, 2.45) is 0 Å². The van der Waals surface area contributed by atoms with Gasteiger partial charge in [-0.3, -0.25) is 13.8 Å². The van der Waals surface area contributed by atoms with Gasteiger partial charge in [0.05, 0.1) is 21.4 Å². The van der Waals surface area contributed by atoms with Crippen LogP contribution in [-0.2, 0) is 15.6 Å². The molecule has 138 valence electrons. The number of phenols is 1. The lowest BCUT2D eigenvalue weighted by atomic mass is 10.1. The lowest BCUT2D eigenvalue weighted by molar-refractivity contribution is -0.133. The van der Waals surface area contributed by atoms with Crippen molar-refractivity contribution in [1.29, 1.82) is 0 Å². The summed E-state index contributed by atoms with van der Waals surface area (Å²) >= 11 is 3.31. The molecule has 1 atom stereocenters. The molecule has 0 aliphatic rings. The van der Waals surface area contributed by atoms with E-state index < -0.39 is 22.5 Å². The molecular weight excluding hydrogens is 434 g/mol. The third-order valence-corrected chi connectivity index (χ3v) is 5.68. The van der Waals surface area contributed by atoms with Crippen molar-refractivity contribution < 1.29 is 24.0 Å². The molecule has 3 rings (SSSR count). The molecule has 0 aliphatic carbocycles. The Morgan fingerprint density at radius 2 is 1.67 bits per heavy atom. The molecular formula is C19H14BrNO5S. The Kier molecular flexibility index (Phi) is 5.57. The molecule has 0 radical (unpaired) electrons. The first-order chi connectivity index (χ1) is 12.9. The second kappa shape index (κ2) is 7.89. The number of carbonyl (C=O) groups excluding carboxylic acids is 1. The molecule has 1 unspecified atom stereocenters. The Morgan fingerprint density at radius 1 is 1.04 bits per heavy atom. The topological polar surface area (TPSA) is 104 Å². The molecule has 0 fully saturated rings. The Balaban J connectivity index is 2.07. The fourth-order valence-electron chi connectivity index (χ4n) is 2.60. The maximum Gasteiger partial charge on any atom is 0.316 e. The molecule has 3 aromatic rings. The molecule has 0 heterocycles. The van der Waals surface area contributed by atoms with Crippen LogP contribution in [0.5, 0.6) is 5.75 Å². The van der Waals surface area contributed by atoms with Crippen molar-refractivity contribution in [1.82, 2.24) is 0 Å². The summed E-state index contributed by atoms with van der Waals surface area (Å²) in [6, 6.07) is 14.9. The van der Waals surface area contributed by atoms with Gasteiger partial charge in [-0.2, -0.15) is 0 Å². The first-order valence-electron chi connectivity index (χ1n) is 7.78. The summed E-state index contributed by atoms with van der Waals surface area (Å²) in [5.41, 5.74) is 0.758. The van der Waals surface area contributed by atoms with E-state index in [1.54, 1.807) is 48.5 Å². The predicted octanol–water partition coefficient (Wildman–Crippen LogP) is 3.75. The number of phenolic OH excluding ortho intramolecular Hbond substituents is 1. The van der Waals surface area contributed by atoms with Gasteiger partial charge in [0.1, 0.15) is 11.5 Å². The highest BCUT2D eigenvalue weighted by atomic mass is 79.9. The maximum absolute atomic E-state index is 12.6. The Bertz CT molecular complexity index is 1070. The minimum absolute atomic E-state index is 0.0396. The third-order valence-electron chi connectivity index (χ3n) is 3.84. The first kappa shape index (κ1) is 19.1. The highest BCUT2D eigenvalue weighted by molar-refractivity contribution is 9.10. The van der Waals surface area contributed by atoms with Crippen LogP contribution in [0.15, 0.2) is 64.0 Å². The zero-order valence-electron chi connectivity index (χ0n) is 13.8. The normalized spacial score (nSPS) is 11.9. The average molecular weight is 448 g/mol. The number of hydrogen-bond donors (Lipinski definition) is 3. The molecule has 27 heavy (non-hydrogen) atoms. The number of carboxylic acids is 1. The van der Waals surface area contributed by atoms with Gasteiger partial charge in [-0.25, -0.2) is 0 Å². The van der Waals surface area contributed by atoms with E-state index in [0.717, 1.165) is 4.47 Å². The van der Waals surface area contributed by atoms with Gasteiger partial charge in [-0.15, -0.1) is 0 Å². The smallest absolute Gasteiger partial charge is 0.316 e. The van der Waals surface area contributed by atoms with Gasteiger partial charge >= 0.3 is 5.97 Å². The van der Waals surface area contributed by atoms with Crippen LogP contribution in [0.1, 0.15) is 10.4 Å². The number of hydrogen-bond acceptors (Lipinski definition) is 4. The quantitative estimate of drug-likeness (QED) is 0.516. The number of aromatic hydroxyl groups is 1. The molecule has 0 aliphatic heterocycles. The van der Waals surface area contributed by atoms with Gasteiger partial charge in [0.2, 0.25) is 0 Å². The van der Waals surface area contributed by atoms with Gasteiger partial charge in [0, 0.05) is 20.8 Å². The highest BCUT2D eigenvalue weighted by Gasteiger charge is 2.19. The van der Waals surface area contributed by atoms with Crippen LogP contribution in [0.3, 0.4) is 0 Å². The third kappa shape index (κ3) is 4.17. The number of fused-ring (bicyclic) bond motifs is 1. The summed E-state index contributed by atoms with van der Waals surface area (Å²) in [4.78, 5) is 23.4. The fourth-order valence-corrected chi connectivity index (χ4v) is 3.82. The van der Waals surface area contributed by atoms with Crippen molar-refractivity contribution in [3.63, 3.8) is 0 Å². The highest BCUT2D eigenvalue weighted by Crippen LogP contribution is 2.36. The van der Waals surface area contributed by atoms with Crippen molar-refractivity contribution in [3.8, 4) is 5.75 Å². The van der Waals surface area contributed by atoms with E-state index in [-0.39, 0.29) is 16.6 Å². The molecule has 0 spiro atoms. The predicted molar refractivity (Wildman–Crippen MR) is 107 cm³/mol. The minimum atomic E-state index is -1.96. The fraction of sp³-hybridized carbons (Fsp3) is 0.0526. The number of nitrogens with one attached hydrogen (secondary N) is 1. The van der Waals surface area contributed by atoms with E-state index in [0.29, 0.717) is 22.0 Å². The van der Waals surface area contributed by atoms with E-state index in [1.165, 1.54) is 6.07 Å². The number of aliphatic carboxylic acids is 1. The standard InChI is InChI=1S/C19H14BrNO5S/c20-12-7-5-11(6-8-12)19(25)21-15-9-16(27(26)10-17(22)23)18(24)14-4-2-1-3-13(14)15/h1-9,24H,10H2,(H,21,25)(H,22,23). The van der Waals surface area contributed by atoms with E-state index in [1.807, 2.05) is 0 Å². The Morgan fingerprint density at radius 3 is 2.30 bits per heavy atom. The number of carboxylic acid groups (broad SMARTS) is 1. The Labute approximate surface area is 165 Å². The minimum Gasteiger partial charge on any atom is -0.506 e. The number of benzene rings is 3. The zero-order chi connectivity index (χ0) is 19.6. The van der Waals surface area contributed by atoms with E-state index in [9.17, 15) is 18.9 Å². The van der Waals surface area contributed by atoms with Gasteiger partial charge < -0.3 is 15.5 Å². The number of amides is 1. The van der Waals surface area contributed by atoms with Gasteiger partial charge in [0.15, 0.2) is 0 Å². The van der Waals surface area contributed by atoms with Crippen LogP contribution >= 0.6 is 15.9 Å². The lowest BCUT2D eigenvalue weighted by Gasteiger charge is -2.13. The van der Waals surface area contributed by atoms with E-state index in [2.05, 4.69) is 21.2 Å². The number of halogens is 1. The monoisotopic (exact) mass is 447 g/mol. The lowest BCUT2D eigenvalue weighted by Crippen LogP contribution is -2.13. The maximum atomic E-state index is 12.6. The van der Waals surface area contributed by atoms with Crippen molar-refractivity contribution in [2.45, 2.75) is 4.90 Å². The zero-order valence-corrected chi connectivity index (χ0v) is 16.2. The SMILES string of the molecule is O=C(O)CS(=O)c1cc(NC(=O)c2ccc(Br)cc2)c2ccccc2c1O. The van der Waals surface area contributed by atoms with Crippen LogP contribution in [0.25, 0.3) is 10.8 Å². The average Bonchev–Trinajstić information content (AvgIpc) is 2.64. The molecule has 3 N–H and O–H groups in total. The Hall–Kier alpha value is -2.71. The van der Waals surface area contributed by atoms with Gasteiger partial charge in [-0.1, -0.05) is 40.2 Å². The number of carbonyl (C=O) groups is 2. The number of rotatable bonds is 5. The molecule has 6 nitrogen and oxygen atoms in total. The summed E-state index contributed by atoms with van der Waals surface area (Å²) in [6.07, 6.45) is 0. The van der Waals surface area contributed by atoms with Crippen molar-refractivity contribution in [2.75, 3.05) is 11.1 Å². The van der Waals surface area contributed by atoms with E-state index >= 15 is 0 Å². The second-order valence-electron chi connectivity index (χ2n) is 5.66. The molecule has 0 saturated carbocycles. The van der Waals surface area contributed by atoms with Gasteiger partial charge in [-0.05, 0) is 30.3 Å².